The van der Waals surface area contributed by atoms with E-state index < -0.39 is 0 Å². The summed E-state index contributed by atoms with van der Waals surface area (Å²) in [5.74, 6) is 1.36. The van der Waals surface area contributed by atoms with Gasteiger partial charge in [0, 0.05) is 11.8 Å². The first kappa shape index (κ1) is 7.98. The van der Waals surface area contributed by atoms with Gasteiger partial charge in [0.2, 0.25) is 0 Å². The molecule has 0 aromatic heterocycles. The van der Waals surface area contributed by atoms with Crippen molar-refractivity contribution in [3.63, 3.8) is 0 Å². The third kappa shape index (κ3) is 1.41. The van der Waals surface area contributed by atoms with Crippen molar-refractivity contribution < 1.29 is 9.53 Å². The molecular weight excluding hydrogens is 164 g/mol. The Morgan fingerprint density at radius 1 is 0.923 bits per heavy atom. The molecule has 2 unspecified atom stereocenters. The number of fused-ring (bicyclic) bond motifs is 2. The molecule has 3 aliphatic rings. The summed E-state index contributed by atoms with van der Waals surface area (Å²) in [5.41, 5.74) is 0. The molecule has 1 saturated carbocycles. The maximum absolute atomic E-state index is 11.8. The van der Waals surface area contributed by atoms with Gasteiger partial charge in [-0.25, -0.2) is 0 Å². The molecule has 3 fully saturated rings. The molecule has 2 bridgehead atoms. The van der Waals surface area contributed by atoms with E-state index in [0.717, 1.165) is 25.7 Å². The summed E-state index contributed by atoms with van der Waals surface area (Å²) in [7, 11) is 0. The molecule has 1 aliphatic carbocycles. The fourth-order valence-electron chi connectivity index (χ4n) is 2.79. The second-order valence-electron chi connectivity index (χ2n) is 4.80. The third-order valence-electron chi connectivity index (χ3n) is 3.67. The van der Waals surface area contributed by atoms with Gasteiger partial charge in [0.25, 0.3) is 0 Å². The van der Waals surface area contributed by atoms with E-state index in [1.54, 1.807) is 0 Å². The number of carbonyl (C=O) groups excluding carboxylic acids is 1. The summed E-state index contributed by atoms with van der Waals surface area (Å²) in [5, 5.41) is 0. The van der Waals surface area contributed by atoms with Crippen LogP contribution in [0.1, 0.15) is 38.5 Å². The largest absolute Gasteiger partial charge is 0.375 e. The van der Waals surface area contributed by atoms with Crippen LogP contribution in [0.5, 0.6) is 0 Å². The van der Waals surface area contributed by atoms with Crippen LogP contribution < -0.4 is 0 Å². The summed E-state index contributed by atoms with van der Waals surface area (Å²) >= 11 is 0. The molecule has 0 aromatic rings. The SMILES string of the molecule is O=C(C1CC1)C1CC2CCC(C1)O2. The molecular formula is C11H16O2. The average molecular weight is 180 g/mol. The lowest BCUT2D eigenvalue weighted by molar-refractivity contribution is -0.129. The lowest BCUT2D eigenvalue weighted by atomic mass is 9.89. The highest BCUT2D eigenvalue weighted by atomic mass is 16.5. The first-order valence-corrected chi connectivity index (χ1v) is 5.52. The molecule has 0 radical (unpaired) electrons. The molecule has 2 heteroatoms. The van der Waals surface area contributed by atoms with Crippen LogP contribution in [0.25, 0.3) is 0 Å². The van der Waals surface area contributed by atoms with E-state index >= 15 is 0 Å². The van der Waals surface area contributed by atoms with Crippen LogP contribution in [-0.4, -0.2) is 18.0 Å². The monoisotopic (exact) mass is 180 g/mol. The second kappa shape index (κ2) is 2.81. The van der Waals surface area contributed by atoms with Crippen LogP contribution >= 0.6 is 0 Å². The number of ether oxygens (including phenoxy) is 1. The first-order chi connectivity index (χ1) is 6.33. The Labute approximate surface area is 78.6 Å². The number of hydrogen-bond acceptors (Lipinski definition) is 2. The van der Waals surface area contributed by atoms with Crippen molar-refractivity contribution in [3.05, 3.63) is 0 Å². The van der Waals surface area contributed by atoms with Crippen molar-refractivity contribution in [1.29, 1.82) is 0 Å². The lowest BCUT2D eigenvalue weighted by Gasteiger charge is -2.27. The Morgan fingerprint density at radius 3 is 2.08 bits per heavy atom. The maximum Gasteiger partial charge on any atom is 0.139 e. The summed E-state index contributed by atoms with van der Waals surface area (Å²) in [6.07, 6.45) is 7.59. The highest BCUT2D eigenvalue weighted by Gasteiger charge is 2.42. The van der Waals surface area contributed by atoms with Crippen LogP contribution in [0.15, 0.2) is 0 Å². The Bertz CT molecular complexity index is 220. The summed E-state index contributed by atoms with van der Waals surface area (Å²) in [6.45, 7) is 0. The highest BCUT2D eigenvalue weighted by molar-refractivity contribution is 5.85. The zero-order chi connectivity index (χ0) is 8.84. The Kier molecular flexibility index (Phi) is 1.72. The van der Waals surface area contributed by atoms with Gasteiger partial charge in [0.1, 0.15) is 5.78 Å². The van der Waals surface area contributed by atoms with Crippen LogP contribution in [0.2, 0.25) is 0 Å². The minimum absolute atomic E-state index is 0.360. The fourth-order valence-corrected chi connectivity index (χ4v) is 2.79. The molecule has 0 aromatic carbocycles. The molecule has 0 spiro atoms. The average Bonchev–Trinajstić information content (AvgIpc) is 2.92. The van der Waals surface area contributed by atoms with Gasteiger partial charge >= 0.3 is 0 Å². The summed E-state index contributed by atoms with van der Waals surface area (Å²) in [4.78, 5) is 11.8. The molecule has 2 aliphatic heterocycles. The van der Waals surface area contributed by atoms with Crippen molar-refractivity contribution >= 4 is 5.78 Å². The van der Waals surface area contributed by atoms with Crippen molar-refractivity contribution in [2.24, 2.45) is 11.8 Å². The van der Waals surface area contributed by atoms with Crippen LogP contribution in [0.3, 0.4) is 0 Å². The van der Waals surface area contributed by atoms with Gasteiger partial charge in [-0.05, 0) is 38.5 Å². The van der Waals surface area contributed by atoms with Crippen molar-refractivity contribution in [1.82, 2.24) is 0 Å². The number of hydrogen-bond donors (Lipinski definition) is 0. The number of carbonyl (C=O) groups is 1. The van der Waals surface area contributed by atoms with Gasteiger partial charge in [-0.15, -0.1) is 0 Å². The van der Waals surface area contributed by atoms with Crippen molar-refractivity contribution in [3.8, 4) is 0 Å². The number of rotatable bonds is 2. The fraction of sp³-hybridized carbons (Fsp3) is 0.909. The van der Waals surface area contributed by atoms with E-state index in [1.807, 2.05) is 0 Å². The van der Waals surface area contributed by atoms with Gasteiger partial charge in [-0.3, -0.25) is 4.79 Å². The van der Waals surface area contributed by atoms with Crippen LogP contribution in [0, 0.1) is 11.8 Å². The standard InChI is InChI=1S/C11H16O2/c12-11(7-1-2-7)8-5-9-3-4-10(6-8)13-9/h7-10H,1-6H2. The van der Waals surface area contributed by atoms with Gasteiger partial charge in [0.05, 0.1) is 12.2 Å². The normalized spacial score (nSPS) is 43.5. The van der Waals surface area contributed by atoms with E-state index in [1.165, 1.54) is 12.8 Å². The first-order valence-electron chi connectivity index (χ1n) is 5.52. The molecule has 2 heterocycles. The van der Waals surface area contributed by atoms with Gasteiger partial charge < -0.3 is 4.74 Å². The highest BCUT2D eigenvalue weighted by Crippen LogP contribution is 2.41. The van der Waals surface area contributed by atoms with E-state index in [9.17, 15) is 4.79 Å². The summed E-state index contributed by atoms with van der Waals surface area (Å²) < 4.78 is 5.73. The van der Waals surface area contributed by atoms with E-state index in [2.05, 4.69) is 0 Å². The number of ketones is 1. The molecule has 2 atom stereocenters. The molecule has 0 N–H and O–H groups in total. The Morgan fingerprint density at radius 2 is 1.54 bits per heavy atom. The number of Topliss-reactive ketones (excluding diaryl/α,β-unsaturated/α-hetero) is 1. The zero-order valence-corrected chi connectivity index (χ0v) is 7.87. The van der Waals surface area contributed by atoms with Crippen molar-refractivity contribution in [2.45, 2.75) is 50.7 Å². The minimum Gasteiger partial charge on any atom is -0.375 e. The summed E-state index contributed by atoms with van der Waals surface area (Å²) in [6, 6.07) is 0. The van der Waals surface area contributed by atoms with Crippen molar-refractivity contribution in [2.75, 3.05) is 0 Å². The molecule has 0 amide bonds. The van der Waals surface area contributed by atoms with E-state index in [-0.39, 0.29) is 0 Å². The lowest BCUT2D eigenvalue weighted by Crippen LogP contribution is -2.30. The molecule has 2 saturated heterocycles. The Balaban J connectivity index is 1.68. The van der Waals surface area contributed by atoms with Gasteiger partial charge in [-0.2, -0.15) is 0 Å². The van der Waals surface area contributed by atoms with Crippen LogP contribution in [-0.2, 0) is 9.53 Å². The van der Waals surface area contributed by atoms with Gasteiger partial charge in [0.15, 0.2) is 0 Å². The third-order valence-corrected chi connectivity index (χ3v) is 3.67. The zero-order valence-electron chi connectivity index (χ0n) is 7.87. The maximum atomic E-state index is 11.8. The smallest absolute Gasteiger partial charge is 0.139 e. The molecule has 2 nitrogen and oxygen atoms in total. The quantitative estimate of drug-likeness (QED) is 0.649. The topological polar surface area (TPSA) is 26.3 Å². The van der Waals surface area contributed by atoms with E-state index in [0.29, 0.717) is 29.8 Å². The predicted molar refractivity (Wildman–Crippen MR) is 48.4 cm³/mol. The Hall–Kier alpha value is -0.370. The van der Waals surface area contributed by atoms with Gasteiger partial charge in [-0.1, -0.05) is 0 Å². The van der Waals surface area contributed by atoms with E-state index in [4.69, 9.17) is 4.74 Å². The molecule has 72 valence electrons. The van der Waals surface area contributed by atoms with Crippen LogP contribution in [0.4, 0.5) is 0 Å². The molecule has 3 rings (SSSR count). The predicted octanol–water partition coefficient (Wildman–Crippen LogP) is 1.92. The minimum atomic E-state index is 0.360. The second-order valence-corrected chi connectivity index (χ2v) is 4.80. The molecule has 13 heavy (non-hydrogen) atoms.